The molecule has 11 heteroatoms. The zero-order valence-corrected chi connectivity index (χ0v) is 29.6. The van der Waals surface area contributed by atoms with Crippen LogP contribution in [0.15, 0.2) is 0 Å². The molecule has 0 heterocycles. The maximum atomic E-state index is 6.83. The van der Waals surface area contributed by atoms with Crippen molar-refractivity contribution in [1.82, 2.24) is 0 Å². The van der Waals surface area contributed by atoms with E-state index in [9.17, 15) is 0 Å². The molecule has 0 saturated heterocycles. The van der Waals surface area contributed by atoms with Crippen molar-refractivity contribution in [2.45, 2.75) is 150 Å². The highest BCUT2D eigenvalue weighted by Gasteiger charge is 2.53. The summed E-state index contributed by atoms with van der Waals surface area (Å²) in [5.74, 6) is 0. The van der Waals surface area contributed by atoms with Crippen molar-refractivity contribution in [2.24, 2.45) is 5.73 Å². The Kier molecular flexibility index (Phi) is 23.6. The standard InChI is InChI=1S/C29H65NO8Si2/c1-11-19-21-23-27(39(31-13-3,32-14-4)33-15-5)37-25(9)29(30)26(10)38-28(24-22-20-12-2)40(34-16-6,35-17-7)36-18-8/h25-29H,11-24,30H2,1-10H3. The first-order chi connectivity index (χ1) is 19.2. The summed E-state index contributed by atoms with van der Waals surface area (Å²) in [4.78, 5) is 0. The molecule has 4 atom stereocenters. The van der Waals surface area contributed by atoms with E-state index in [0.29, 0.717) is 39.6 Å². The summed E-state index contributed by atoms with van der Waals surface area (Å²) in [6.07, 6.45) is 7.38. The van der Waals surface area contributed by atoms with Crippen LogP contribution in [0.2, 0.25) is 0 Å². The maximum Gasteiger partial charge on any atom is 0.531 e. The van der Waals surface area contributed by atoms with Crippen molar-refractivity contribution in [3.8, 4) is 0 Å². The number of hydrogen-bond donors (Lipinski definition) is 1. The molecular formula is C29H65NO8Si2. The molecule has 0 aliphatic heterocycles. The summed E-state index contributed by atoms with van der Waals surface area (Å²) in [6, 6.07) is -0.407. The molecule has 0 aromatic carbocycles. The second-order valence-corrected chi connectivity index (χ2v) is 15.5. The fraction of sp³-hybridized carbons (Fsp3) is 1.00. The Morgan fingerprint density at radius 3 is 0.975 bits per heavy atom. The van der Waals surface area contributed by atoms with Gasteiger partial charge in [-0.25, -0.2) is 0 Å². The zero-order chi connectivity index (χ0) is 30.4. The van der Waals surface area contributed by atoms with Gasteiger partial charge < -0.3 is 41.8 Å². The summed E-state index contributed by atoms with van der Waals surface area (Å²) >= 11 is 0. The van der Waals surface area contributed by atoms with E-state index >= 15 is 0 Å². The predicted octanol–water partition coefficient (Wildman–Crippen LogP) is 6.20. The summed E-state index contributed by atoms with van der Waals surface area (Å²) in [5.41, 5.74) is 6.22. The average molecular weight is 612 g/mol. The van der Waals surface area contributed by atoms with Crippen molar-refractivity contribution in [1.29, 1.82) is 0 Å². The minimum Gasteiger partial charge on any atom is -0.372 e. The van der Waals surface area contributed by atoms with E-state index in [-0.39, 0.29) is 23.7 Å². The molecule has 40 heavy (non-hydrogen) atoms. The Morgan fingerprint density at radius 2 is 0.750 bits per heavy atom. The van der Waals surface area contributed by atoms with E-state index in [2.05, 4.69) is 13.8 Å². The van der Waals surface area contributed by atoms with Gasteiger partial charge in [-0.3, -0.25) is 0 Å². The van der Waals surface area contributed by atoms with Gasteiger partial charge in [0.1, 0.15) is 11.5 Å². The molecule has 0 aromatic heterocycles. The highest BCUT2D eigenvalue weighted by atomic mass is 28.4. The molecule has 242 valence electrons. The summed E-state index contributed by atoms with van der Waals surface area (Å²) < 4.78 is 50.9. The number of rotatable bonds is 28. The van der Waals surface area contributed by atoms with Crippen LogP contribution in [0.5, 0.6) is 0 Å². The Bertz CT molecular complexity index is 510. The summed E-state index contributed by atoms with van der Waals surface area (Å²) in [7, 11) is -6.21. The van der Waals surface area contributed by atoms with Gasteiger partial charge in [0.15, 0.2) is 0 Å². The maximum absolute atomic E-state index is 6.83. The highest BCUT2D eigenvalue weighted by Crippen LogP contribution is 2.28. The molecular weight excluding hydrogens is 546 g/mol. The van der Waals surface area contributed by atoms with Gasteiger partial charge in [0.2, 0.25) is 0 Å². The lowest BCUT2D eigenvalue weighted by atomic mass is 10.1. The highest BCUT2D eigenvalue weighted by molar-refractivity contribution is 6.62. The first-order valence-corrected chi connectivity index (χ1v) is 19.7. The lowest BCUT2D eigenvalue weighted by molar-refractivity contribution is -0.0871. The van der Waals surface area contributed by atoms with E-state index < -0.39 is 23.7 Å². The topological polar surface area (TPSA) is 99.9 Å². The molecule has 0 rings (SSSR count). The van der Waals surface area contributed by atoms with Crippen LogP contribution in [0.1, 0.15) is 121 Å². The lowest BCUT2D eigenvalue weighted by Crippen LogP contribution is -2.61. The van der Waals surface area contributed by atoms with Gasteiger partial charge in [-0.05, 0) is 68.2 Å². The molecule has 0 aliphatic carbocycles. The van der Waals surface area contributed by atoms with Crippen LogP contribution < -0.4 is 5.73 Å². The van der Waals surface area contributed by atoms with Crippen molar-refractivity contribution in [2.75, 3.05) is 39.6 Å². The molecule has 0 aliphatic rings. The minimum absolute atomic E-state index is 0.309. The average Bonchev–Trinajstić information content (AvgIpc) is 2.92. The van der Waals surface area contributed by atoms with Crippen LogP contribution in [0.25, 0.3) is 0 Å². The van der Waals surface area contributed by atoms with Crippen molar-refractivity contribution >= 4 is 17.6 Å². The third kappa shape index (κ3) is 13.6. The molecule has 9 nitrogen and oxygen atoms in total. The molecule has 2 N–H and O–H groups in total. The third-order valence-corrected chi connectivity index (χ3v) is 13.4. The number of unbranched alkanes of at least 4 members (excludes halogenated alkanes) is 4. The smallest absolute Gasteiger partial charge is 0.372 e. The number of nitrogens with two attached hydrogens (primary N) is 1. The first-order valence-electron chi connectivity index (χ1n) is 16.1. The van der Waals surface area contributed by atoms with Crippen LogP contribution in [0.4, 0.5) is 0 Å². The second-order valence-electron chi connectivity index (χ2n) is 10.0. The van der Waals surface area contributed by atoms with Crippen LogP contribution in [-0.4, -0.2) is 87.0 Å². The van der Waals surface area contributed by atoms with E-state index in [1.807, 2.05) is 55.4 Å². The fourth-order valence-electron chi connectivity index (χ4n) is 4.91. The number of hydrogen-bond acceptors (Lipinski definition) is 9. The van der Waals surface area contributed by atoms with Gasteiger partial charge >= 0.3 is 17.6 Å². The normalized spacial score (nSPS) is 16.6. The quantitative estimate of drug-likeness (QED) is 0.0819. The molecule has 0 amide bonds. The second kappa shape index (κ2) is 23.5. The van der Waals surface area contributed by atoms with E-state index in [1.165, 1.54) is 0 Å². The van der Waals surface area contributed by atoms with Gasteiger partial charge in [0.25, 0.3) is 0 Å². The van der Waals surface area contributed by atoms with Crippen molar-refractivity contribution in [3.63, 3.8) is 0 Å². The molecule has 0 aromatic rings. The van der Waals surface area contributed by atoms with Gasteiger partial charge in [0, 0.05) is 39.6 Å². The Hall–Kier alpha value is 0.0738. The minimum atomic E-state index is -3.11. The molecule has 0 spiro atoms. The molecule has 0 radical (unpaired) electrons. The van der Waals surface area contributed by atoms with Gasteiger partial charge in [-0.1, -0.05) is 52.4 Å². The van der Waals surface area contributed by atoms with Crippen LogP contribution in [-0.2, 0) is 36.0 Å². The third-order valence-electron chi connectivity index (χ3n) is 6.84. The van der Waals surface area contributed by atoms with E-state index in [1.54, 1.807) is 0 Å². The van der Waals surface area contributed by atoms with E-state index in [0.717, 1.165) is 51.4 Å². The van der Waals surface area contributed by atoms with Gasteiger partial charge in [0.05, 0.1) is 18.2 Å². The van der Waals surface area contributed by atoms with Crippen molar-refractivity contribution < 1.29 is 36.0 Å². The summed E-state index contributed by atoms with van der Waals surface area (Å²) in [5, 5.41) is 0. The van der Waals surface area contributed by atoms with Gasteiger partial charge in [-0.15, -0.1) is 0 Å². The molecule has 4 unspecified atom stereocenters. The lowest BCUT2D eigenvalue weighted by Gasteiger charge is -2.40. The SMILES string of the molecule is CCCCCC(OC(C)C(N)C(C)OC(CCCCC)[Si](OCC)(OCC)OCC)[Si](OCC)(OCC)OCC. The molecule has 0 bridgehead atoms. The van der Waals surface area contributed by atoms with Crippen LogP contribution in [0, 0.1) is 0 Å². The first kappa shape index (κ1) is 40.1. The van der Waals surface area contributed by atoms with Crippen LogP contribution >= 0.6 is 0 Å². The predicted molar refractivity (Wildman–Crippen MR) is 166 cm³/mol. The Morgan fingerprint density at radius 1 is 0.475 bits per heavy atom. The monoisotopic (exact) mass is 611 g/mol. The summed E-state index contributed by atoms with van der Waals surface area (Å²) in [6.45, 7) is 23.2. The molecule has 0 fully saturated rings. The van der Waals surface area contributed by atoms with E-state index in [4.69, 9.17) is 41.8 Å². The largest absolute Gasteiger partial charge is 0.531 e. The Labute approximate surface area is 249 Å². The number of ether oxygens (including phenoxy) is 2. The molecule has 0 saturated carbocycles. The Balaban J connectivity index is 5.99. The van der Waals surface area contributed by atoms with Gasteiger partial charge in [-0.2, -0.15) is 0 Å². The zero-order valence-electron chi connectivity index (χ0n) is 27.6. The fourth-order valence-corrected chi connectivity index (χ4v) is 10.8. The van der Waals surface area contributed by atoms with Crippen molar-refractivity contribution in [3.05, 3.63) is 0 Å². The van der Waals surface area contributed by atoms with Crippen LogP contribution in [0.3, 0.4) is 0 Å².